The number of aromatic nitrogens is 1. The zero-order chi connectivity index (χ0) is 37.8. The van der Waals surface area contributed by atoms with Gasteiger partial charge in [0.25, 0.3) is 0 Å². The van der Waals surface area contributed by atoms with Crippen molar-refractivity contribution >= 4 is 49.6 Å². The number of anilines is 3. The second-order valence-corrected chi connectivity index (χ2v) is 16.1. The maximum Gasteiger partial charge on any atom is 0.0547 e. The van der Waals surface area contributed by atoms with Crippen molar-refractivity contribution in [1.82, 2.24) is 4.57 Å². The van der Waals surface area contributed by atoms with Gasteiger partial charge in [-0.2, -0.15) is 0 Å². The van der Waals surface area contributed by atoms with Crippen molar-refractivity contribution in [2.75, 3.05) is 4.90 Å². The number of rotatable bonds is 5. The highest BCUT2D eigenvalue weighted by Crippen LogP contribution is 2.52. The third-order valence-corrected chi connectivity index (χ3v) is 12.7. The van der Waals surface area contributed by atoms with Crippen LogP contribution in [0.5, 0.6) is 0 Å². The van der Waals surface area contributed by atoms with E-state index in [0.717, 1.165) is 22.7 Å². The molecule has 0 aliphatic heterocycles. The lowest BCUT2D eigenvalue weighted by molar-refractivity contribution is 0.660. The summed E-state index contributed by atoms with van der Waals surface area (Å²) >= 11 is 0. The standard InChI is InChI=1S/C55H38N2/c1-55(2)48-20-9-8-17-44(48)45-32-31-41(34-49(45)55)56(38-13-4-3-5-14-38)39-27-22-35(23-28-39)36-24-29-40(30-25-36)57-50-21-11-19-47-43-16-7-6-15-42(43)46-18-10-12-37-26-33-51(57)54(52(37)46)53(47)50/h3-34H,1-2H3. The largest absolute Gasteiger partial charge is 0.310 e. The molecule has 0 atom stereocenters. The fourth-order valence-electron chi connectivity index (χ4n) is 10.1. The first-order valence-electron chi connectivity index (χ1n) is 19.9. The summed E-state index contributed by atoms with van der Waals surface area (Å²) in [7, 11) is 0. The number of fused-ring (bicyclic) bond motifs is 6. The fraction of sp³-hybridized carbons (Fsp3) is 0.0545. The minimum atomic E-state index is -0.0700. The summed E-state index contributed by atoms with van der Waals surface area (Å²) < 4.78 is 2.46. The molecule has 2 aliphatic rings. The summed E-state index contributed by atoms with van der Waals surface area (Å²) in [6.07, 6.45) is 0. The van der Waals surface area contributed by atoms with Crippen LogP contribution >= 0.6 is 0 Å². The van der Waals surface area contributed by atoms with Crippen molar-refractivity contribution in [2.24, 2.45) is 0 Å². The average Bonchev–Trinajstić information content (AvgIpc) is 3.68. The molecule has 57 heavy (non-hydrogen) atoms. The van der Waals surface area contributed by atoms with E-state index >= 15 is 0 Å². The van der Waals surface area contributed by atoms with Crippen LogP contribution in [0, 0.1) is 0 Å². The topological polar surface area (TPSA) is 8.17 Å². The predicted octanol–water partition coefficient (Wildman–Crippen LogP) is 15.0. The molecule has 2 aliphatic carbocycles. The molecule has 12 rings (SSSR count). The maximum absolute atomic E-state index is 2.46. The smallest absolute Gasteiger partial charge is 0.0547 e. The summed E-state index contributed by atoms with van der Waals surface area (Å²) in [4.78, 5) is 2.38. The monoisotopic (exact) mass is 726 g/mol. The SMILES string of the molecule is CC1(C)c2ccccc2-c2ccc(N(c3ccccc3)c3ccc(-c4ccc(-n5c6cccc7c6c6c8c(cccc8ccc65)-c5ccccc5-7)cc4)cc3)cc21. The number of para-hydroxylation sites is 1. The summed E-state index contributed by atoms with van der Waals surface area (Å²) in [5.41, 5.74) is 20.0. The van der Waals surface area contributed by atoms with Gasteiger partial charge in [0.2, 0.25) is 0 Å². The molecule has 0 radical (unpaired) electrons. The summed E-state index contributed by atoms with van der Waals surface area (Å²) in [6.45, 7) is 4.70. The van der Waals surface area contributed by atoms with Crippen molar-refractivity contribution in [3.8, 4) is 50.2 Å². The van der Waals surface area contributed by atoms with Crippen LogP contribution in [0.2, 0.25) is 0 Å². The lowest BCUT2D eigenvalue weighted by Gasteiger charge is -2.28. The van der Waals surface area contributed by atoms with E-state index in [1.165, 1.54) is 88.2 Å². The summed E-state index contributed by atoms with van der Waals surface area (Å²) in [5.74, 6) is 0. The third kappa shape index (κ3) is 4.59. The Hall–Kier alpha value is -7.16. The van der Waals surface area contributed by atoms with Crippen molar-refractivity contribution < 1.29 is 0 Å². The van der Waals surface area contributed by atoms with Gasteiger partial charge in [0, 0.05) is 38.9 Å². The minimum absolute atomic E-state index is 0.0700. The Balaban J connectivity index is 0.937. The first kappa shape index (κ1) is 32.1. The van der Waals surface area contributed by atoms with Crippen LogP contribution in [0.4, 0.5) is 17.1 Å². The second-order valence-electron chi connectivity index (χ2n) is 16.1. The van der Waals surface area contributed by atoms with E-state index in [1.54, 1.807) is 0 Å². The van der Waals surface area contributed by atoms with Gasteiger partial charge in [-0.3, -0.25) is 0 Å². The van der Waals surface area contributed by atoms with Crippen molar-refractivity contribution in [3.63, 3.8) is 0 Å². The highest BCUT2D eigenvalue weighted by molar-refractivity contribution is 6.30. The van der Waals surface area contributed by atoms with Crippen molar-refractivity contribution in [2.45, 2.75) is 19.3 Å². The maximum atomic E-state index is 2.46. The number of hydrogen-bond donors (Lipinski definition) is 0. The fourth-order valence-corrected chi connectivity index (χ4v) is 10.1. The molecule has 9 aromatic carbocycles. The lowest BCUT2D eigenvalue weighted by atomic mass is 9.82. The Morgan fingerprint density at radius 1 is 0.368 bits per heavy atom. The van der Waals surface area contributed by atoms with Gasteiger partial charge in [0.05, 0.1) is 11.0 Å². The minimum Gasteiger partial charge on any atom is -0.310 e. The first-order chi connectivity index (χ1) is 28.0. The van der Waals surface area contributed by atoms with Gasteiger partial charge in [0.1, 0.15) is 0 Å². The van der Waals surface area contributed by atoms with E-state index in [9.17, 15) is 0 Å². The molecule has 0 bridgehead atoms. The van der Waals surface area contributed by atoms with Gasteiger partial charge >= 0.3 is 0 Å². The number of nitrogens with zero attached hydrogens (tertiary/aromatic N) is 2. The van der Waals surface area contributed by atoms with Crippen LogP contribution < -0.4 is 4.90 Å². The molecule has 2 nitrogen and oxygen atoms in total. The van der Waals surface area contributed by atoms with Crippen molar-refractivity contribution in [3.05, 3.63) is 205 Å². The number of benzene rings is 9. The Bertz CT molecular complexity index is 3240. The molecule has 268 valence electrons. The zero-order valence-corrected chi connectivity index (χ0v) is 31.9. The third-order valence-electron chi connectivity index (χ3n) is 12.7. The Morgan fingerprint density at radius 2 is 0.930 bits per heavy atom. The van der Waals surface area contributed by atoms with Gasteiger partial charge in [-0.25, -0.2) is 0 Å². The normalized spacial score (nSPS) is 13.2. The van der Waals surface area contributed by atoms with Crippen LogP contribution in [0.25, 0.3) is 82.8 Å². The molecule has 2 heteroatoms. The second kappa shape index (κ2) is 11.9. The van der Waals surface area contributed by atoms with Gasteiger partial charge < -0.3 is 9.47 Å². The van der Waals surface area contributed by atoms with Gasteiger partial charge in [-0.05, 0) is 127 Å². The summed E-state index contributed by atoms with van der Waals surface area (Å²) in [6, 6.07) is 71.8. The van der Waals surface area contributed by atoms with Crippen LogP contribution in [0.1, 0.15) is 25.0 Å². The number of hydrogen-bond acceptors (Lipinski definition) is 1. The lowest BCUT2D eigenvalue weighted by Crippen LogP contribution is -2.16. The quantitative estimate of drug-likeness (QED) is 0.171. The Labute approximate surface area is 332 Å². The molecule has 0 N–H and O–H groups in total. The molecular formula is C55H38N2. The van der Waals surface area contributed by atoms with E-state index < -0.39 is 0 Å². The molecule has 0 saturated heterocycles. The van der Waals surface area contributed by atoms with E-state index in [2.05, 4.69) is 217 Å². The van der Waals surface area contributed by atoms with E-state index in [4.69, 9.17) is 0 Å². The molecule has 0 saturated carbocycles. The van der Waals surface area contributed by atoms with Crippen LogP contribution in [0.15, 0.2) is 194 Å². The average molecular weight is 727 g/mol. The highest BCUT2D eigenvalue weighted by Gasteiger charge is 2.35. The van der Waals surface area contributed by atoms with Gasteiger partial charge in [-0.1, -0.05) is 147 Å². The molecule has 0 spiro atoms. The Morgan fingerprint density at radius 3 is 1.68 bits per heavy atom. The molecule has 0 amide bonds. The van der Waals surface area contributed by atoms with Gasteiger partial charge in [0.15, 0.2) is 0 Å². The molecular weight excluding hydrogens is 689 g/mol. The molecule has 0 unspecified atom stereocenters. The molecule has 0 fully saturated rings. The van der Waals surface area contributed by atoms with Gasteiger partial charge in [-0.15, -0.1) is 0 Å². The Kier molecular flexibility index (Phi) is 6.72. The van der Waals surface area contributed by atoms with Crippen LogP contribution in [0.3, 0.4) is 0 Å². The van der Waals surface area contributed by atoms with E-state index in [0.29, 0.717) is 0 Å². The molecule has 10 aromatic rings. The predicted molar refractivity (Wildman–Crippen MR) is 240 cm³/mol. The van der Waals surface area contributed by atoms with Crippen LogP contribution in [-0.4, -0.2) is 4.57 Å². The molecule has 1 aromatic heterocycles. The summed E-state index contributed by atoms with van der Waals surface area (Å²) in [5, 5.41) is 5.28. The van der Waals surface area contributed by atoms with Crippen molar-refractivity contribution in [1.29, 1.82) is 0 Å². The van der Waals surface area contributed by atoms with Crippen LogP contribution in [-0.2, 0) is 5.41 Å². The van der Waals surface area contributed by atoms with E-state index in [1.807, 2.05) is 0 Å². The first-order valence-corrected chi connectivity index (χ1v) is 19.9. The molecule has 1 heterocycles. The zero-order valence-electron chi connectivity index (χ0n) is 31.9. The van der Waals surface area contributed by atoms with E-state index in [-0.39, 0.29) is 5.41 Å². The highest BCUT2D eigenvalue weighted by atomic mass is 15.1.